The van der Waals surface area contributed by atoms with Gasteiger partial charge in [-0.2, -0.15) is 5.10 Å². The smallest absolute Gasteiger partial charge is 0.252 e. The van der Waals surface area contributed by atoms with Crippen molar-refractivity contribution in [2.75, 3.05) is 5.32 Å². The summed E-state index contributed by atoms with van der Waals surface area (Å²) in [6, 6.07) is 14.9. The van der Waals surface area contributed by atoms with E-state index in [-0.39, 0.29) is 18.0 Å². The Balaban J connectivity index is 1.82. The first-order valence-corrected chi connectivity index (χ1v) is 10.9. The Kier molecular flexibility index (Phi) is 5.89. The lowest BCUT2D eigenvalue weighted by atomic mass is 10.1. The molecule has 0 fully saturated rings. The summed E-state index contributed by atoms with van der Waals surface area (Å²) in [5.41, 5.74) is 5.59. The number of hydrogen-bond acceptors (Lipinski definition) is 3. The zero-order chi connectivity index (χ0) is 23.0. The summed E-state index contributed by atoms with van der Waals surface area (Å²) in [5, 5.41) is 9.03. The molecular weight excluding hydrogens is 424 g/mol. The molecule has 0 unspecified atom stereocenters. The first-order chi connectivity index (χ1) is 15.3. The Morgan fingerprint density at radius 2 is 1.78 bits per heavy atom. The highest BCUT2D eigenvalue weighted by Crippen LogP contribution is 2.25. The fourth-order valence-electron chi connectivity index (χ4n) is 3.86. The molecule has 0 bridgehead atoms. The molecule has 2 heterocycles. The predicted octanol–water partition coefficient (Wildman–Crippen LogP) is 4.97. The summed E-state index contributed by atoms with van der Waals surface area (Å²) in [5.74, 6) is -0.313. The maximum Gasteiger partial charge on any atom is 0.252 e. The minimum Gasteiger partial charge on any atom is -0.324 e. The molecule has 7 heteroatoms. The van der Waals surface area contributed by atoms with E-state index in [9.17, 15) is 9.59 Å². The number of fused-ring (bicyclic) bond motifs is 1. The molecule has 1 amide bonds. The molecule has 0 saturated heterocycles. The van der Waals surface area contributed by atoms with Gasteiger partial charge in [0.1, 0.15) is 12.2 Å². The van der Waals surface area contributed by atoms with E-state index in [0.717, 1.165) is 33.5 Å². The maximum absolute atomic E-state index is 13.1. The molecule has 6 nitrogen and oxygen atoms in total. The van der Waals surface area contributed by atoms with Gasteiger partial charge in [0.05, 0.1) is 11.4 Å². The van der Waals surface area contributed by atoms with Crippen LogP contribution in [0.1, 0.15) is 29.3 Å². The molecule has 4 aromatic rings. The average molecular weight is 449 g/mol. The molecule has 0 spiro atoms. The monoisotopic (exact) mass is 448 g/mol. The Morgan fingerprint density at radius 3 is 2.44 bits per heavy atom. The van der Waals surface area contributed by atoms with Crippen LogP contribution in [0, 0.1) is 20.8 Å². The number of rotatable bonds is 5. The number of aromatic nitrogens is 3. The van der Waals surface area contributed by atoms with E-state index in [4.69, 9.17) is 16.7 Å². The van der Waals surface area contributed by atoms with Crippen LogP contribution in [0.3, 0.4) is 0 Å². The number of halogens is 1. The van der Waals surface area contributed by atoms with Gasteiger partial charge in [0.15, 0.2) is 0 Å². The molecule has 1 N–H and O–H groups in total. The second-order valence-electron chi connectivity index (χ2n) is 7.99. The van der Waals surface area contributed by atoms with Crippen LogP contribution in [-0.4, -0.2) is 20.3 Å². The molecule has 0 saturated carbocycles. The number of hydrogen-bond donors (Lipinski definition) is 1. The van der Waals surface area contributed by atoms with Crippen molar-refractivity contribution in [2.24, 2.45) is 0 Å². The van der Waals surface area contributed by atoms with E-state index >= 15 is 0 Å². The summed E-state index contributed by atoms with van der Waals surface area (Å²) < 4.78 is 3.24. The molecule has 2 aromatic heterocycles. The van der Waals surface area contributed by atoms with E-state index in [1.54, 1.807) is 22.9 Å². The molecule has 0 aliphatic carbocycles. The van der Waals surface area contributed by atoms with Gasteiger partial charge in [0.25, 0.3) is 5.56 Å². The standard InChI is InChI=1S/C25H25ClN4O2/c1-5-18-12-23(32)29(14-22(31)27-19-9-8-16(3)21(26)13-19)25-24(18)17(4)28-30(25)20-10-6-15(2)7-11-20/h6-13H,5,14H2,1-4H3,(H,27,31). The molecule has 0 aliphatic rings. The normalized spacial score (nSPS) is 11.2. The summed E-state index contributed by atoms with van der Waals surface area (Å²) in [6.45, 7) is 7.71. The van der Waals surface area contributed by atoms with Gasteiger partial charge < -0.3 is 5.32 Å². The Hall–Kier alpha value is -3.38. The molecule has 0 atom stereocenters. The third-order valence-electron chi connectivity index (χ3n) is 5.59. The summed E-state index contributed by atoms with van der Waals surface area (Å²) >= 11 is 6.18. The van der Waals surface area contributed by atoms with E-state index in [2.05, 4.69) is 5.32 Å². The summed E-state index contributed by atoms with van der Waals surface area (Å²) in [6.07, 6.45) is 0.696. The van der Waals surface area contributed by atoms with E-state index in [1.807, 2.05) is 58.0 Å². The SMILES string of the molecule is CCc1cc(=O)n(CC(=O)Nc2ccc(C)c(Cl)c2)c2c1c(C)nn2-c1ccc(C)cc1. The third-order valence-corrected chi connectivity index (χ3v) is 6.00. The number of aryl methyl sites for hydroxylation is 4. The van der Waals surface area contributed by atoms with Crippen molar-refractivity contribution in [3.63, 3.8) is 0 Å². The van der Waals surface area contributed by atoms with Crippen molar-refractivity contribution in [1.29, 1.82) is 0 Å². The number of amides is 1. The van der Waals surface area contributed by atoms with Gasteiger partial charge in [-0.3, -0.25) is 14.2 Å². The van der Waals surface area contributed by atoms with Gasteiger partial charge in [-0.15, -0.1) is 0 Å². The lowest BCUT2D eigenvalue weighted by Crippen LogP contribution is -2.29. The Morgan fingerprint density at radius 1 is 1.06 bits per heavy atom. The second-order valence-corrected chi connectivity index (χ2v) is 8.40. The van der Waals surface area contributed by atoms with Gasteiger partial charge >= 0.3 is 0 Å². The van der Waals surface area contributed by atoms with Crippen LogP contribution >= 0.6 is 11.6 Å². The predicted molar refractivity (Wildman–Crippen MR) is 129 cm³/mol. The first-order valence-electron chi connectivity index (χ1n) is 10.5. The zero-order valence-corrected chi connectivity index (χ0v) is 19.3. The van der Waals surface area contributed by atoms with Crippen molar-refractivity contribution in [3.8, 4) is 5.69 Å². The van der Waals surface area contributed by atoms with Crippen molar-refractivity contribution < 1.29 is 4.79 Å². The highest BCUT2D eigenvalue weighted by atomic mass is 35.5. The largest absolute Gasteiger partial charge is 0.324 e. The van der Waals surface area contributed by atoms with Crippen molar-refractivity contribution in [2.45, 2.75) is 40.7 Å². The van der Waals surface area contributed by atoms with E-state index in [0.29, 0.717) is 22.8 Å². The van der Waals surface area contributed by atoms with Crippen LogP contribution < -0.4 is 10.9 Å². The first kappa shape index (κ1) is 21.8. The van der Waals surface area contributed by atoms with Crippen LogP contribution in [-0.2, 0) is 17.8 Å². The van der Waals surface area contributed by atoms with Crippen LogP contribution in [0.15, 0.2) is 53.3 Å². The number of anilines is 1. The van der Waals surface area contributed by atoms with E-state index in [1.165, 1.54) is 4.57 Å². The molecule has 0 radical (unpaired) electrons. The lowest BCUT2D eigenvalue weighted by Gasteiger charge is -2.13. The highest BCUT2D eigenvalue weighted by molar-refractivity contribution is 6.31. The van der Waals surface area contributed by atoms with Crippen LogP contribution in [0.2, 0.25) is 5.02 Å². The van der Waals surface area contributed by atoms with Crippen molar-refractivity contribution in [1.82, 2.24) is 14.3 Å². The number of pyridine rings is 1. The zero-order valence-electron chi connectivity index (χ0n) is 18.6. The fourth-order valence-corrected chi connectivity index (χ4v) is 4.04. The minimum absolute atomic E-state index is 0.137. The lowest BCUT2D eigenvalue weighted by molar-refractivity contribution is -0.116. The molecule has 164 valence electrons. The number of nitrogens with one attached hydrogen (secondary N) is 1. The molecule has 2 aromatic carbocycles. The Bertz CT molecular complexity index is 1380. The third kappa shape index (κ3) is 4.06. The molecular formula is C25H25ClN4O2. The van der Waals surface area contributed by atoms with Gasteiger partial charge in [-0.05, 0) is 62.6 Å². The van der Waals surface area contributed by atoms with Gasteiger partial charge in [-0.25, -0.2) is 4.68 Å². The van der Waals surface area contributed by atoms with Crippen LogP contribution in [0.4, 0.5) is 5.69 Å². The Labute approximate surface area is 191 Å². The minimum atomic E-state index is -0.313. The van der Waals surface area contributed by atoms with Gasteiger partial charge in [0, 0.05) is 22.2 Å². The fraction of sp³-hybridized carbons (Fsp3) is 0.240. The molecule has 32 heavy (non-hydrogen) atoms. The van der Waals surface area contributed by atoms with Crippen molar-refractivity contribution >= 4 is 34.2 Å². The van der Waals surface area contributed by atoms with Crippen molar-refractivity contribution in [3.05, 3.63) is 86.3 Å². The van der Waals surface area contributed by atoms with Gasteiger partial charge in [-0.1, -0.05) is 42.3 Å². The van der Waals surface area contributed by atoms with Crippen LogP contribution in [0.25, 0.3) is 16.7 Å². The van der Waals surface area contributed by atoms with Gasteiger partial charge in [0.2, 0.25) is 5.91 Å². The number of carbonyl (C=O) groups is 1. The molecule has 4 rings (SSSR count). The average Bonchev–Trinajstić information content (AvgIpc) is 3.10. The topological polar surface area (TPSA) is 68.9 Å². The number of benzene rings is 2. The quantitative estimate of drug-likeness (QED) is 0.468. The summed E-state index contributed by atoms with van der Waals surface area (Å²) in [4.78, 5) is 26.0. The summed E-state index contributed by atoms with van der Waals surface area (Å²) in [7, 11) is 0. The second kappa shape index (κ2) is 8.63. The maximum atomic E-state index is 13.1. The number of nitrogens with zero attached hydrogens (tertiary/aromatic N) is 3. The highest BCUT2D eigenvalue weighted by Gasteiger charge is 2.19. The number of carbonyl (C=O) groups excluding carboxylic acids is 1. The van der Waals surface area contributed by atoms with E-state index < -0.39 is 0 Å². The van der Waals surface area contributed by atoms with Crippen LogP contribution in [0.5, 0.6) is 0 Å². The molecule has 0 aliphatic heterocycles.